The summed E-state index contributed by atoms with van der Waals surface area (Å²) in [6.45, 7) is 1.90. The molecule has 0 spiro atoms. The number of methoxy groups -OCH3 is 1. The van der Waals surface area contributed by atoms with Crippen LogP contribution in [-0.2, 0) is 0 Å². The highest BCUT2D eigenvalue weighted by Gasteiger charge is 2.36. The molecule has 3 rings (SSSR count). The third kappa shape index (κ3) is 2.34. The van der Waals surface area contributed by atoms with Gasteiger partial charge < -0.3 is 9.64 Å². The molecule has 0 aromatic heterocycles. The lowest BCUT2D eigenvalue weighted by Crippen LogP contribution is -2.29. The number of ether oxygens (including phenoxy) is 1. The summed E-state index contributed by atoms with van der Waals surface area (Å²) >= 11 is 0. The molecule has 0 unspecified atom stereocenters. The second-order valence-corrected chi connectivity index (χ2v) is 5.75. The van der Waals surface area contributed by atoms with Gasteiger partial charge in [0.1, 0.15) is 5.75 Å². The zero-order chi connectivity index (χ0) is 16.7. The molecule has 0 aliphatic carbocycles. The fourth-order valence-corrected chi connectivity index (χ4v) is 2.76. The van der Waals surface area contributed by atoms with Crippen LogP contribution in [0.5, 0.6) is 5.75 Å². The zero-order valence-electron chi connectivity index (χ0n) is 13.6. The summed E-state index contributed by atoms with van der Waals surface area (Å²) in [5, 5.41) is 0. The Balaban J connectivity index is 2.07. The number of anilines is 2. The number of amides is 2. The highest BCUT2D eigenvalue weighted by Crippen LogP contribution is 2.35. The molecule has 0 saturated heterocycles. The predicted molar refractivity (Wildman–Crippen MR) is 89.6 cm³/mol. The number of carbonyl (C=O) groups is 2. The van der Waals surface area contributed by atoms with Crippen LogP contribution in [0.3, 0.4) is 0 Å². The van der Waals surface area contributed by atoms with Gasteiger partial charge in [0.15, 0.2) is 0 Å². The second-order valence-electron chi connectivity index (χ2n) is 5.75. The van der Waals surface area contributed by atoms with Crippen LogP contribution in [0.2, 0.25) is 0 Å². The predicted octanol–water partition coefficient (Wildman–Crippen LogP) is 2.87. The number of imide groups is 1. The van der Waals surface area contributed by atoms with Crippen molar-refractivity contribution in [2.24, 2.45) is 0 Å². The topological polar surface area (TPSA) is 49.9 Å². The van der Waals surface area contributed by atoms with E-state index in [4.69, 9.17) is 4.74 Å². The maximum atomic E-state index is 12.6. The molecule has 5 nitrogen and oxygen atoms in total. The van der Waals surface area contributed by atoms with Gasteiger partial charge in [-0.3, -0.25) is 9.59 Å². The van der Waals surface area contributed by atoms with E-state index in [1.54, 1.807) is 31.4 Å². The van der Waals surface area contributed by atoms with Gasteiger partial charge in [-0.05, 0) is 31.2 Å². The van der Waals surface area contributed by atoms with E-state index in [1.165, 1.54) is 4.90 Å². The lowest BCUT2D eigenvalue weighted by molar-refractivity contribution is 0.0926. The summed E-state index contributed by atoms with van der Waals surface area (Å²) in [5.74, 6) is 0.0123. The molecule has 0 atom stereocenters. The van der Waals surface area contributed by atoms with Gasteiger partial charge in [0, 0.05) is 20.2 Å². The van der Waals surface area contributed by atoms with E-state index in [1.807, 2.05) is 38.1 Å². The van der Waals surface area contributed by atoms with Gasteiger partial charge in [-0.2, -0.15) is 0 Å². The Morgan fingerprint density at radius 2 is 1.65 bits per heavy atom. The van der Waals surface area contributed by atoms with E-state index in [0.717, 1.165) is 11.3 Å². The van der Waals surface area contributed by atoms with Crippen LogP contribution >= 0.6 is 0 Å². The van der Waals surface area contributed by atoms with Crippen molar-refractivity contribution in [1.29, 1.82) is 0 Å². The second kappa shape index (κ2) is 5.43. The maximum absolute atomic E-state index is 12.6. The number of nitrogens with zero attached hydrogens (tertiary/aromatic N) is 2. The molecule has 2 aromatic rings. The van der Waals surface area contributed by atoms with Crippen molar-refractivity contribution in [2.75, 3.05) is 31.0 Å². The van der Waals surface area contributed by atoms with Crippen molar-refractivity contribution in [3.8, 4) is 5.75 Å². The number of benzene rings is 2. The van der Waals surface area contributed by atoms with Crippen molar-refractivity contribution in [1.82, 2.24) is 0 Å². The van der Waals surface area contributed by atoms with Crippen molar-refractivity contribution in [3.05, 3.63) is 53.1 Å². The van der Waals surface area contributed by atoms with Gasteiger partial charge >= 0.3 is 0 Å². The molecule has 23 heavy (non-hydrogen) atoms. The third-order valence-electron chi connectivity index (χ3n) is 3.95. The first kappa shape index (κ1) is 15.1. The van der Waals surface area contributed by atoms with E-state index < -0.39 is 0 Å². The van der Waals surface area contributed by atoms with Crippen LogP contribution in [0.1, 0.15) is 26.3 Å². The van der Waals surface area contributed by atoms with Crippen molar-refractivity contribution in [3.63, 3.8) is 0 Å². The summed E-state index contributed by atoms with van der Waals surface area (Å²) in [5.41, 5.74) is 3.23. The van der Waals surface area contributed by atoms with E-state index in [-0.39, 0.29) is 11.8 Å². The van der Waals surface area contributed by atoms with Gasteiger partial charge in [0.2, 0.25) is 0 Å². The van der Waals surface area contributed by atoms with Crippen LogP contribution in [0.15, 0.2) is 36.4 Å². The Morgan fingerprint density at radius 3 is 2.30 bits per heavy atom. The molecule has 1 aliphatic heterocycles. The zero-order valence-corrected chi connectivity index (χ0v) is 13.6. The summed E-state index contributed by atoms with van der Waals surface area (Å²) in [6, 6.07) is 10.6. The fraction of sp³-hybridized carbons (Fsp3) is 0.222. The Labute approximate surface area is 135 Å². The summed E-state index contributed by atoms with van der Waals surface area (Å²) in [7, 11) is 5.38. The molecule has 0 fully saturated rings. The van der Waals surface area contributed by atoms with Crippen LogP contribution in [0.4, 0.5) is 11.4 Å². The fourth-order valence-electron chi connectivity index (χ4n) is 2.76. The van der Waals surface area contributed by atoms with Crippen LogP contribution < -0.4 is 14.5 Å². The monoisotopic (exact) mass is 310 g/mol. The molecule has 0 N–H and O–H groups in total. The molecule has 0 saturated carbocycles. The molecular weight excluding hydrogens is 292 g/mol. The average Bonchev–Trinajstić information content (AvgIpc) is 2.77. The number of hydrogen-bond acceptors (Lipinski definition) is 4. The summed E-state index contributed by atoms with van der Waals surface area (Å²) in [6.07, 6.45) is 0. The minimum absolute atomic E-state index is 0.298. The first-order valence-electron chi connectivity index (χ1n) is 7.29. The summed E-state index contributed by atoms with van der Waals surface area (Å²) < 4.78 is 5.38. The smallest absolute Gasteiger partial charge is 0.266 e. The van der Waals surface area contributed by atoms with Crippen LogP contribution in [0, 0.1) is 6.92 Å². The molecule has 2 amide bonds. The number of hydrogen-bond donors (Lipinski definition) is 0. The standard InChI is InChI=1S/C18H18N2O3/c1-11-5-7-13-14(9-11)18(22)20(17(13)21)12-6-8-15(19(2)3)16(10-12)23-4/h5-10H,1-4H3. The molecule has 1 aliphatic rings. The SMILES string of the molecule is COc1cc(N2C(=O)c3ccc(C)cc3C2=O)ccc1N(C)C. The Bertz CT molecular complexity index is 812. The van der Waals surface area contributed by atoms with E-state index in [2.05, 4.69) is 0 Å². The minimum Gasteiger partial charge on any atom is -0.495 e. The van der Waals surface area contributed by atoms with Gasteiger partial charge in [-0.1, -0.05) is 11.6 Å². The first-order chi connectivity index (χ1) is 10.9. The molecular formula is C18H18N2O3. The molecule has 1 heterocycles. The van der Waals surface area contributed by atoms with Crippen LogP contribution in [-0.4, -0.2) is 33.0 Å². The maximum Gasteiger partial charge on any atom is 0.266 e. The van der Waals surface area contributed by atoms with Crippen molar-refractivity contribution in [2.45, 2.75) is 6.92 Å². The largest absolute Gasteiger partial charge is 0.495 e. The highest BCUT2D eigenvalue weighted by molar-refractivity contribution is 6.34. The number of fused-ring (bicyclic) bond motifs is 1. The minimum atomic E-state index is -0.301. The molecule has 2 aromatic carbocycles. The molecule has 5 heteroatoms. The number of rotatable bonds is 3. The van der Waals surface area contributed by atoms with Gasteiger partial charge in [-0.15, -0.1) is 0 Å². The number of carbonyl (C=O) groups excluding carboxylic acids is 2. The molecule has 0 bridgehead atoms. The van der Waals surface area contributed by atoms with Crippen LogP contribution in [0.25, 0.3) is 0 Å². The Kier molecular flexibility index (Phi) is 3.56. The average molecular weight is 310 g/mol. The first-order valence-corrected chi connectivity index (χ1v) is 7.29. The number of aryl methyl sites for hydroxylation is 1. The third-order valence-corrected chi connectivity index (χ3v) is 3.95. The lowest BCUT2D eigenvalue weighted by atomic mass is 10.1. The quantitative estimate of drug-likeness (QED) is 0.818. The van der Waals surface area contributed by atoms with E-state index in [9.17, 15) is 9.59 Å². The van der Waals surface area contributed by atoms with Gasteiger partial charge in [0.05, 0.1) is 29.6 Å². The van der Waals surface area contributed by atoms with E-state index in [0.29, 0.717) is 22.6 Å². The molecule has 118 valence electrons. The van der Waals surface area contributed by atoms with Crippen molar-refractivity contribution >= 4 is 23.2 Å². The Hall–Kier alpha value is -2.82. The lowest BCUT2D eigenvalue weighted by Gasteiger charge is -2.20. The summed E-state index contributed by atoms with van der Waals surface area (Å²) in [4.78, 5) is 28.3. The van der Waals surface area contributed by atoms with Gasteiger partial charge in [0.25, 0.3) is 11.8 Å². The molecule has 0 radical (unpaired) electrons. The normalized spacial score (nSPS) is 13.3. The van der Waals surface area contributed by atoms with Gasteiger partial charge in [-0.25, -0.2) is 4.90 Å². The Morgan fingerprint density at radius 1 is 0.957 bits per heavy atom. The van der Waals surface area contributed by atoms with Crippen molar-refractivity contribution < 1.29 is 14.3 Å². The highest BCUT2D eigenvalue weighted by atomic mass is 16.5. The van der Waals surface area contributed by atoms with E-state index >= 15 is 0 Å².